The van der Waals surface area contributed by atoms with Gasteiger partial charge in [-0.05, 0) is 36.5 Å². The molecule has 2 rings (SSSR count). The Hall–Kier alpha value is -1.02. The number of methoxy groups -OCH3 is 1. The average Bonchev–Trinajstić information content (AvgIpc) is 2.83. The molecule has 1 aromatic rings. The van der Waals surface area contributed by atoms with E-state index in [4.69, 9.17) is 9.47 Å². The van der Waals surface area contributed by atoms with E-state index in [2.05, 4.69) is 12.1 Å². The van der Waals surface area contributed by atoms with Crippen molar-refractivity contribution in [3.8, 4) is 5.75 Å². The van der Waals surface area contributed by atoms with Crippen molar-refractivity contribution < 1.29 is 9.47 Å². The highest BCUT2D eigenvalue weighted by molar-refractivity contribution is 5.26. The van der Waals surface area contributed by atoms with E-state index in [-0.39, 0.29) is 0 Å². The zero-order valence-corrected chi connectivity index (χ0v) is 9.95. The summed E-state index contributed by atoms with van der Waals surface area (Å²) in [5.41, 5.74) is 1.22. The highest BCUT2D eigenvalue weighted by atomic mass is 16.5. The van der Waals surface area contributed by atoms with Crippen molar-refractivity contribution in [1.82, 2.24) is 0 Å². The van der Waals surface area contributed by atoms with Crippen LogP contribution < -0.4 is 4.74 Å². The lowest BCUT2D eigenvalue weighted by Gasteiger charge is -2.10. The molecule has 0 aromatic heterocycles. The van der Waals surface area contributed by atoms with Crippen LogP contribution in [-0.4, -0.2) is 13.7 Å². The van der Waals surface area contributed by atoms with Crippen LogP contribution in [0.15, 0.2) is 24.3 Å². The molecule has 0 radical (unpaired) electrons. The molecule has 0 aliphatic heterocycles. The lowest BCUT2D eigenvalue weighted by Crippen LogP contribution is -2.05. The topological polar surface area (TPSA) is 18.5 Å². The second-order valence-electron chi connectivity index (χ2n) is 4.51. The minimum atomic E-state index is 0.723. The molecular formula is C14H20O2. The number of hydrogen-bond acceptors (Lipinski definition) is 2. The maximum Gasteiger partial charge on any atom is 0.118 e. The molecule has 0 N–H and O–H groups in total. The van der Waals surface area contributed by atoms with Crippen LogP contribution in [0, 0.1) is 5.92 Å². The van der Waals surface area contributed by atoms with Gasteiger partial charge in [-0.15, -0.1) is 0 Å². The molecule has 16 heavy (non-hydrogen) atoms. The van der Waals surface area contributed by atoms with Crippen molar-refractivity contribution in [2.24, 2.45) is 5.92 Å². The van der Waals surface area contributed by atoms with Gasteiger partial charge in [0.15, 0.2) is 0 Å². The van der Waals surface area contributed by atoms with Crippen LogP contribution in [0.3, 0.4) is 0 Å². The number of rotatable bonds is 5. The van der Waals surface area contributed by atoms with Gasteiger partial charge in [-0.2, -0.15) is 0 Å². The fourth-order valence-electron chi connectivity index (χ4n) is 2.24. The first-order valence-corrected chi connectivity index (χ1v) is 6.09. The minimum Gasteiger partial charge on any atom is -0.497 e. The molecule has 2 nitrogen and oxygen atoms in total. The molecule has 0 atom stereocenters. The third-order valence-electron chi connectivity index (χ3n) is 3.26. The number of ether oxygens (including phenoxy) is 2. The van der Waals surface area contributed by atoms with Crippen molar-refractivity contribution in [3.05, 3.63) is 29.8 Å². The molecule has 2 heteroatoms. The van der Waals surface area contributed by atoms with E-state index in [0.29, 0.717) is 0 Å². The Morgan fingerprint density at radius 2 is 1.81 bits per heavy atom. The van der Waals surface area contributed by atoms with E-state index >= 15 is 0 Å². The Kier molecular flexibility index (Phi) is 4.23. The van der Waals surface area contributed by atoms with E-state index in [1.54, 1.807) is 7.11 Å². The predicted molar refractivity (Wildman–Crippen MR) is 64.6 cm³/mol. The van der Waals surface area contributed by atoms with Gasteiger partial charge in [-0.3, -0.25) is 0 Å². The summed E-state index contributed by atoms with van der Waals surface area (Å²) in [7, 11) is 1.69. The van der Waals surface area contributed by atoms with Gasteiger partial charge in [-0.25, -0.2) is 0 Å². The molecule has 0 heterocycles. The fraction of sp³-hybridized carbons (Fsp3) is 0.571. The predicted octanol–water partition coefficient (Wildman–Crippen LogP) is 3.40. The highest BCUT2D eigenvalue weighted by Gasteiger charge is 2.14. The average molecular weight is 220 g/mol. The van der Waals surface area contributed by atoms with E-state index in [0.717, 1.165) is 24.9 Å². The maximum absolute atomic E-state index is 5.74. The van der Waals surface area contributed by atoms with Crippen molar-refractivity contribution >= 4 is 0 Å². The normalized spacial score (nSPS) is 16.6. The van der Waals surface area contributed by atoms with Crippen molar-refractivity contribution in [2.45, 2.75) is 32.3 Å². The van der Waals surface area contributed by atoms with Gasteiger partial charge in [0.2, 0.25) is 0 Å². The maximum atomic E-state index is 5.74. The Labute approximate surface area is 97.6 Å². The van der Waals surface area contributed by atoms with E-state index < -0.39 is 0 Å². The van der Waals surface area contributed by atoms with Crippen LogP contribution >= 0.6 is 0 Å². The standard InChI is InChI=1S/C14H20O2/c1-15-14-8-6-13(7-9-14)11-16-10-12-4-2-3-5-12/h6-9,12H,2-5,10-11H2,1H3. The Morgan fingerprint density at radius 3 is 2.44 bits per heavy atom. The van der Waals surface area contributed by atoms with E-state index in [1.165, 1.54) is 31.2 Å². The van der Waals surface area contributed by atoms with Gasteiger partial charge in [0.25, 0.3) is 0 Å². The van der Waals surface area contributed by atoms with Crippen molar-refractivity contribution in [3.63, 3.8) is 0 Å². The summed E-state index contributed by atoms with van der Waals surface area (Å²) >= 11 is 0. The SMILES string of the molecule is COc1ccc(COCC2CCCC2)cc1. The molecule has 0 unspecified atom stereocenters. The van der Waals surface area contributed by atoms with Gasteiger partial charge in [-0.1, -0.05) is 25.0 Å². The minimum absolute atomic E-state index is 0.723. The highest BCUT2D eigenvalue weighted by Crippen LogP contribution is 2.25. The Morgan fingerprint density at radius 1 is 1.12 bits per heavy atom. The van der Waals surface area contributed by atoms with Gasteiger partial charge in [0.1, 0.15) is 5.75 Å². The zero-order valence-electron chi connectivity index (χ0n) is 9.95. The summed E-state index contributed by atoms with van der Waals surface area (Å²) in [5.74, 6) is 1.71. The second kappa shape index (κ2) is 5.90. The van der Waals surface area contributed by atoms with Crippen molar-refractivity contribution in [2.75, 3.05) is 13.7 Å². The molecule has 1 aliphatic carbocycles. The quantitative estimate of drug-likeness (QED) is 0.757. The third-order valence-corrected chi connectivity index (χ3v) is 3.26. The van der Waals surface area contributed by atoms with Crippen LogP contribution in [0.5, 0.6) is 5.75 Å². The Bertz CT molecular complexity index is 299. The number of benzene rings is 1. The van der Waals surface area contributed by atoms with Crippen LogP contribution in [-0.2, 0) is 11.3 Å². The van der Waals surface area contributed by atoms with Gasteiger partial charge >= 0.3 is 0 Å². The summed E-state index contributed by atoms with van der Waals surface area (Å²) in [4.78, 5) is 0. The van der Waals surface area contributed by atoms with Gasteiger partial charge < -0.3 is 9.47 Å². The molecular weight excluding hydrogens is 200 g/mol. The third kappa shape index (κ3) is 3.24. The fourth-order valence-corrected chi connectivity index (χ4v) is 2.24. The molecule has 0 bridgehead atoms. The lowest BCUT2D eigenvalue weighted by atomic mass is 10.1. The molecule has 0 saturated heterocycles. The summed E-state index contributed by atoms with van der Waals surface area (Å²) < 4.78 is 10.9. The summed E-state index contributed by atoms with van der Waals surface area (Å²) in [5, 5.41) is 0. The van der Waals surface area contributed by atoms with Gasteiger partial charge in [0.05, 0.1) is 13.7 Å². The first kappa shape index (κ1) is 11.5. The molecule has 1 saturated carbocycles. The van der Waals surface area contributed by atoms with Gasteiger partial charge in [0, 0.05) is 6.61 Å². The van der Waals surface area contributed by atoms with E-state index in [9.17, 15) is 0 Å². The molecule has 1 aromatic carbocycles. The molecule has 0 amide bonds. The largest absolute Gasteiger partial charge is 0.497 e. The smallest absolute Gasteiger partial charge is 0.118 e. The lowest BCUT2D eigenvalue weighted by molar-refractivity contribution is 0.0888. The molecule has 0 spiro atoms. The van der Waals surface area contributed by atoms with Crippen LogP contribution in [0.25, 0.3) is 0 Å². The summed E-state index contributed by atoms with van der Waals surface area (Å²) in [6, 6.07) is 8.09. The van der Waals surface area contributed by atoms with Crippen LogP contribution in [0.2, 0.25) is 0 Å². The molecule has 1 aliphatic rings. The summed E-state index contributed by atoms with van der Waals surface area (Å²) in [6.45, 7) is 1.65. The van der Waals surface area contributed by atoms with Crippen LogP contribution in [0.1, 0.15) is 31.2 Å². The number of hydrogen-bond donors (Lipinski definition) is 0. The Balaban J connectivity index is 1.71. The molecule has 1 fully saturated rings. The second-order valence-corrected chi connectivity index (χ2v) is 4.51. The molecule has 88 valence electrons. The van der Waals surface area contributed by atoms with Crippen molar-refractivity contribution in [1.29, 1.82) is 0 Å². The first-order valence-electron chi connectivity index (χ1n) is 6.09. The monoisotopic (exact) mass is 220 g/mol. The summed E-state index contributed by atoms with van der Waals surface area (Å²) in [6.07, 6.45) is 5.47. The van der Waals surface area contributed by atoms with Crippen LogP contribution in [0.4, 0.5) is 0 Å². The zero-order chi connectivity index (χ0) is 11.2. The first-order chi connectivity index (χ1) is 7.88. The van der Waals surface area contributed by atoms with E-state index in [1.807, 2.05) is 12.1 Å².